The van der Waals surface area contributed by atoms with Crippen LogP contribution in [0.5, 0.6) is 0 Å². The first-order valence-electron chi connectivity index (χ1n) is 19.6. The summed E-state index contributed by atoms with van der Waals surface area (Å²) in [6.45, 7) is 0. The lowest BCUT2D eigenvalue weighted by Crippen LogP contribution is -2.00. The zero-order valence-electron chi connectivity index (χ0n) is 31.3. The number of hydrogen-bond donors (Lipinski definition) is 0. The number of fused-ring (bicyclic) bond motifs is 12. The van der Waals surface area contributed by atoms with Crippen molar-refractivity contribution in [3.05, 3.63) is 200 Å². The Balaban J connectivity index is 0.961. The fourth-order valence-corrected chi connectivity index (χ4v) is 8.86. The van der Waals surface area contributed by atoms with Gasteiger partial charge in [-0.15, -0.1) is 0 Å². The van der Waals surface area contributed by atoms with Gasteiger partial charge in [-0.1, -0.05) is 164 Å². The van der Waals surface area contributed by atoms with E-state index in [0.29, 0.717) is 17.5 Å². The maximum Gasteiger partial charge on any atom is 0.164 e. The molecule has 270 valence electrons. The van der Waals surface area contributed by atoms with Gasteiger partial charge in [0.25, 0.3) is 0 Å². The van der Waals surface area contributed by atoms with Crippen LogP contribution in [0.1, 0.15) is 0 Å². The molecule has 0 aliphatic heterocycles. The molecule has 58 heavy (non-hydrogen) atoms. The topological polar surface area (TPSA) is 48.0 Å². The van der Waals surface area contributed by atoms with Crippen molar-refractivity contribution in [2.24, 2.45) is 0 Å². The standard InChI is InChI=1S/C53H33N5/c1-3-13-36(14-4-1)51-54-52(37-15-5-2-6-16-37)56-53(55-51)38-25-23-34(24-26-38)35-27-30-40(31-28-35)57-46-22-12-10-20-44(46)49-47(57)32-29-39-33-48-43-19-8-7-17-41(43)42-18-9-11-21-45(42)58(48)50(39)49/h1-33H. The van der Waals surface area contributed by atoms with E-state index in [-0.39, 0.29) is 0 Å². The van der Waals surface area contributed by atoms with Gasteiger partial charge in [-0.25, -0.2) is 15.0 Å². The van der Waals surface area contributed by atoms with Gasteiger partial charge in [0.15, 0.2) is 17.5 Å². The van der Waals surface area contributed by atoms with Crippen LogP contribution in [0.25, 0.3) is 111 Å². The lowest BCUT2D eigenvalue weighted by molar-refractivity contribution is 1.07. The second-order valence-electron chi connectivity index (χ2n) is 14.8. The summed E-state index contributed by atoms with van der Waals surface area (Å²) in [4.78, 5) is 14.7. The number of para-hydroxylation sites is 2. The molecule has 0 N–H and O–H groups in total. The third-order valence-electron chi connectivity index (χ3n) is 11.5. The molecule has 0 amide bonds. The first-order chi connectivity index (χ1) is 28.8. The zero-order valence-corrected chi connectivity index (χ0v) is 31.3. The van der Waals surface area contributed by atoms with Gasteiger partial charge in [-0.05, 0) is 52.9 Å². The molecule has 4 heterocycles. The molecule has 0 aliphatic rings. The van der Waals surface area contributed by atoms with E-state index in [0.717, 1.165) is 33.5 Å². The Hall–Kier alpha value is -7.89. The van der Waals surface area contributed by atoms with Gasteiger partial charge in [0.1, 0.15) is 0 Å². The monoisotopic (exact) mass is 739 g/mol. The maximum absolute atomic E-state index is 4.93. The van der Waals surface area contributed by atoms with Crippen molar-refractivity contribution in [1.29, 1.82) is 0 Å². The molecule has 0 saturated heterocycles. The maximum atomic E-state index is 4.93. The van der Waals surface area contributed by atoms with E-state index in [4.69, 9.17) is 15.0 Å². The predicted molar refractivity (Wildman–Crippen MR) is 239 cm³/mol. The third kappa shape index (κ3) is 5.00. The quantitative estimate of drug-likeness (QED) is 0.165. The van der Waals surface area contributed by atoms with Crippen LogP contribution in [-0.4, -0.2) is 23.9 Å². The Labute approximate surface area is 333 Å². The highest BCUT2D eigenvalue weighted by atomic mass is 15.0. The number of aromatic nitrogens is 5. The minimum Gasteiger partial charge on any atom is -0.309 e. The highest BCUT2D eigenvalue weighted by molar-refractivity contribution is 6.24. The molecule has 0 bridgehead atoms. The molecule has 0 saturated carbocycles. The molecule has 5 nitrogen and oxygen atoms in total. The van der Waals surface area contributed by atoms with Crippen molar-refractivity contribution in [3.8, 4) is 51.0 Å². The molecule has 0 spiro atoms. The number of benzene rings is 8. The summed E-state index contributed by atoms with van der Waals surface area (Å²) in [6.07, 6.45) is 0. The molecule has 0 unspecified atom stereocenters. The third-order valence-corrected chi connectivity index (χ3v) is 11.5. The van der Waals surface area contributed by atoms with E-state index in [2.05, 4.69) is 148 Å². The van der Waals surface area contributed by atoms with Crippen molar-refractivity contribution < 1.29 is 0 Å². The summed E-state index contributed by atoms with van der Waals surface area (Å²) < 4.78 is 4.90. The van der Waals surface area contributed by atoms with Crippen LogP contribution in [0.3, 0.4) is 0 Å². The number of pyridine rings is 1. The van der Waals surface area contributed by atoms with Crippen molar-refractivity contribution >= 4 is 59.9 Å². The van der Waals surface area contributed by atoms with Gasteiger partial charge in [-0.2, -0.15) is 0 Å². The average Bonchev–Trinajstić information content (AvgIpc) is 3.86. The highest BCUT2D eigenvalue weighted by Gasteiger charge is 2.20. The van der Waals surface area contributed by atoms with Crippen molar-refractivity contribution in [2.75, 3.05) is 0 Å². The minimum absolute atomic E-state index is 0.645. The normalized spacial score (nSPS) is 11.8. The fourth-order valence-electron chi connectivity index (χ4n) is 8.86. The average molecular weight is 740 g/mol. The van der Waals surface area contributed by atoms with Gasteiger partial charge in [0.05, 0.1) is 27.6 Å². The lowest BCUT2D eigenvalue weighted by Gasteiger charge is -2.11. The Morgan fingerprint density at radius 3 is 1.40 bits per heavy atom. The van der Waals surface area contributed by atoms with E-state index in [1.807, 2.05) is 60.7 Å². The molecule has 4 aromatic heterocycles. The zero-order chi connectivity index (χ0) is 38.2. The molecular formula is C53H33N5. The van der Waals surface area contributed by atoms with Crippen molar-refractivity contribution in [3.63, 3.8) is 0 Å². The summed E-state index contributed by atoms with van der Waals surface area (Å²) in [5.74, 6) is 1.95. The van der Waals surface area contributed by atoms with Crippen LogP contribution >= 0.6 is 0 Å². The Morgan fingerprint density at radius 2 is 0.776 bits per heavy atom. The van der Waals surface area contributed by atoms with E-state index in [1.54, 1.807) is 0 Å². The van der Waals surface area contributed by atoms with E-state index >= 15 is 0 Å². The predicted octanol–water partition coefficient (Wildman–Crippen LogP) is 13.3. The SMILES string of the molecule is c1ccc(-c2nc(-c3ccccc3)nc(-c3ccc(-c4ccc(-n5c6ccccc6c6c5ccc5cc7c8ccccc8c8ccccc8n7c56)cc4)cc3)n2)cc1. The lowest BCUT2D eigenvalue weighted by atomic mass is 10.0. The summed E-state index contributed by atoms with van der Waals surface area (Å²) >= 11 is 0. The van der Waals surface area contributed by atoms with Gasteiger partial charge in [0.2, 0.25) is 0 Å². The van der Waals surface area contributed by atoms with Crippen LogP contribution in [0.4, 0.5) is 0 Å². The van der Waals surface area contributed by atoms with Crippen LogP contribution in [0.15, 0.2) is 200 Å². The van der Waals surface area contributed by atoms with Gasteiger partial charge >= 0.3 is 0 Å². The summed E-state index contributed by atoms with van der Waals surface area (Å²) in [7, 11) is 0. The van der Waals surface area contributed by atoms with Gasteiger partial charge in [0, 0.05) is 49.3 Å². The molecule has 0 atom stereocenters. The largest absolute Gasteiger partial charge is 0.309 e. The van der Waals surface area contributed by atoms with Crippen molar-refractivity contribution in [1.82, 2.24) is 23.9 Å². The first kappa shape index (κ1) is 32.4. The summed E-state index contributed by atoms with van der Waals surface area (Å²) in [6, 6.07) is 70.9. The van der Waals surface area contributed by atoms with Gasteiger partial charge in [-0.3, -0.25) is 0 Å². The molecule has 12 aromatic rings. The minimum atomic E-state index is 0.645. The molecule has 12 rings (SSSR count). The Bertz CT molecular complexity index is 3470. The van der Waals surface area contributed by atoms with Crippen LogP contribution in [0.2, 0.25) is 0 Å². The van der Waals surface area contributed by atoms with Gasteiger partial charge < -0.3 is 8.97 Å². The number of hydrogen-bond acceptors (Lipinski definition) is 3. The molecule has 0 radical (unpaired) electrons. The second-order valence-corrected chi connectivity index (χ2v) is 14.8. The summed E-state index contributed by atoms with van der Waals surface area (Å²) in [5, 5.41) is 7.54. The molecule has 0 aliphatic carbocycles. The fraction of sp³-hybridized carbons (Fsp3) is 0. The first-order valence-corrected chi connectivity index (χ1v) is 19.6. The molecule has 8 aromatic carbocycles. The van der Waals surface area contributed by atoms with Crippen LogP contribution < -0.4 is 0 Å². The Morgan fingerprint density at radius 1 is 0.310 bits per heavy atom. The van der Waals surface area contributed by atoms with Crippen molar-refractivity contribution in [2.45, 2.75) is 0 Å². The molecule has 0 fully saturated rings. The summed E-state index contributed by atoms with van der Waals surface area (Å²) in [5.41, 5.74) is 12.3. The second kappa shape index (κ2) is 12.8. The van der Waals surface area contributed by atoms with E-state index < -0.39 is 0 Å². The Kier molecular flexibility index (Phi) is 7.16. The number of nitrogens with zero attached hydrogens (tertiary/aromatic N) is 5. The molecule has 5 heteroatoms. The van der Waals surface area contributed by atoms with E-state index in [9.17, 15) is 0 Å². The van der Waals surface area contributed by atoms with E-state index in [1.165, 1.54) is 59.9 Å². The smallest absolute Gasteiger partial charge is 0.164 e. The highest BCUT2D eigenvalue weighted by Crippen LogP contribution is 2.41. The van der Waals surface area contributed by atoms with Crippen LogP contribution in [-0.2, 0) is 0 Å². The molecular weight excluding hydrogens is 707 g/mol. The van der Waals surface area contributed by atoms with Crippen LogP contribution in [0, 0.1) is 0 Å². The number of rotatable bonds is 5.